The summed E-state index contributed by atoms with van der Waals surface area (Å²) in [5.41, 5.74) is 12.0. The predicted molar refractivity (Wildman–Crippen MR) is 158 cm³/mol. The molecule has 0 spiro atoms. The molecular formula is C35H33NO3. The zero-order chi connectivity index (χ0) is 27.5. The minimum absolute atomic E-state index is 0.202. The van der Waals surface area contributed by atoms with E-state index in [-0.39, 0.29) is 12.4 Å². The number of hydrogen-bond donors (Lipinski definition) is 0. The number of ether oxygens (including phenoxy) is 1. The quantitative estimate of drug-likeness (QED) is 0.203. The second-order valence-electron chi connectivity index (χ2n) is 10.2. The fourth-order valence-electron chi connectivity index (χ4n) is 5.29. The molecule has 0 fully saturated rings. The van der Waals surface area contributed by atoms with Crippen molar-refractivity contribution in [3.63, 3.8) is 0 Å². The highest BCUT2D eigenvalue weighted by Crippen LogP contribution is 2.44. The molecule has 4 aromatic carbocycles. The topological polar surface area (TPSA) is 52.3 Å². The molecule has 0 saturated heterocycles. The number of methoxy groups -OCH3 is 1. The number of benzene rings is 4. The molecule has 0 atom stereocenters. The van der Waals surface area contributed by atoms with Gasteiger partial charge in [-0.05, 0) is 49.9 Å². The number of carbonyl (C=O) groups excluding carboxylic acids is 1. The van der Waals surface area contributed by atoms with E-state index in [9.17, 15) is 4.79 Å². The van der Waals surface area contributed by atoms with E-state index in [1.54, 1.807) is 0 Å². The fraction of sp³-hybridized carbons (Fsp3) is 0.200. The molecule has 5 aromatic rings. The Bertz CT molecular complexity index is 1540. The first-order valence-electron chi connectivity index (χ1n) is 13.2. The van der Waals surface area contributed by atoms with E-state index in [4.69, 9.17) is 14.1 Å². The second-order valence-corrected chi connectivity index (χ2v) is 10.2. The van der Waals surface area contributed by atoms with E-state index >= 15 is 0 Å². The summed E-state index contributed by atoms with van der Waals surface area (Å²) in [7, 11) is 1.40. The highest BCUT2D eigenvalue weighted by atomic mass is 16.5. The molecule has 1 aromatic heterocycles. The molecule has 0 saturated carbocycles. The summed E-state index contributed by atoms with van der Waals surface area (Å²) < 4.78 is 11.3. The summed E-state index contributed by atoms with van der Waals surface area (Å²) >= 11 is 0. The second kappa shape index (κ2) is 11.1. The maximum atomic E-state index is 11.9. The molecule has 39 heavy (non-hydrogen) atoms. The Hall–Kier alpha value is -4.44. The number of aromatic nitrogens is 1. The van der Waals surface area contributed by atoms with Gasteiger partial charge in [0.05, 0.1) is 13.5 Å². The minimum atomic E-state index is -0.289. The van der Waals surface area contributed by atoms with Crippen LogP contribution in [0.4, 0.5) is 0 Å². The summed E-state index contributed by atoms with van der Waals surface area (Å²) in [4.78, 5) is 17.0. The lowest BCUT2D eigenvalue weighted by Gasteiger charge is -2.17. The van der Waals surface area contributed by atoms with E-state index in [1.807, 2.05) is 30.3 Å². The first-order valence-corrected chi connectivity index (χ1v) is 13.2. The van der Waals surface area contributed by atoms with Crippen molar-refractivity contribution < 1.29 is 13.9 Å². The summed E-state index contributed by atoms with van der Waals surface area (Å²) in [6.07, 6.45) is 0.560. The van der Waals surface area contributed by atoms with Crippen LogP contribution in [0.15, 0.2) is 89.3 Å². The monoisotopic (exact) mass is 515 g/mol. The number of aryl methyl sites for hydroxylation is 5. The van der Waals surface area contributed by atoms with Gasteiger partial charge in [-0.3, -0.25) is 4.79 Å². The largest absolute Gasteiger partial charge is 0.469 e. The smallest absolute Gasteiger partial charge is 0.306 e. The molecule has 0 unspecified atom stereocenters. The van der Waals surface area contributed by atoms with Crippen molar-refractivity contribution in [1.29, 1.82) is 0 Å². The van der Waals surface area contributed by atoms with Gasteiger partial charge >= 0.3 is 5.97 Å². The normalized spacial score (nSPS) is 11.0. The van der Waals surface area contributed by atoms with Gasteiger partial charge in [0.1, 0.15) is 5.69 Å². The molecule has 0 radical (unpaired) electrons. The molecule has 4 nitrogen and oxygen atoms in total. The highest BCUT2D eigenvalue weighted by Gasteiger charge is 2.24. The summed E-state index contributed by atoms with van der Waals surface area (Å²) in [6, 6.07) is 29.7. The van der Waals surface area contributed by atoms with E-state index in [1.165, 1.54) is 29.4 Å². The zero-order valence-electron chi connectivity index (χ0n) is 23.2. The molecule has 0 aliphatic carbocycles. The van der Waals surface area contributed by atoms with Gasteiger partial charge in [-0.25, -0.2) is 4.98 Å². The lowest BCUT2D eigenvalue weighted by Crippen LogP contribution is -2.02. The molecule has 0 aliphatic rings. The van der Waals surface area contributed by atoms with Crippen LogP contribution in [-0.2, 0) is 16.0 Å². The predicted octanol–water partition coefficient (Wildman–Crippen LogP) is 8.68. The van der Waals surface area contributed by atoms with Crippen LogP contribution < -0.4 is 0 Å². The van der Waals surface area contributed by atoms with Gasteiger partial charge in [0.25, 0.3) is 0 Å². The SMILES string of the molecule is COC(=O)CCc1nc(-c2c(-c3cc(C)cc(C)c3)cccc2-c2cc(C)cc(C)c2)c(-c2ccccc2)o1. The van der Waals surface area contributed by atoms with Crippen LogP contribution in [0, 0.1) is 27.7 Å². The van der Waals surface area contributed by atoms with Gasteiger partial charge in [-0.15, -0.1) is 0 Å². The van der Waals surface area contributed by atoms with Crippen molar-refractivity contribution in [3.8, 4) is 44.8 Å². The van der Waals surface area contributed by atoms with Crippen molar-refractivity contribution in [2.75, 3.05) is 7.11 Å². The number of esters is 1. The third-order valence-electron chi connectivity index (χ3n) is 6.84. The Morgan fingerprint density at radius 2 is 1.26 bits per heavy atom. The van der Waals surface area contributed by atoms with Crippen LogP contribution in [-0.4, -0.2) is 18.1 Å². The third-order valence-corrected chi connectivity index (χ3v) is 6.84. The molecule has 0 amide bonds. The molecule has 0 N–H and O–H groups in total. The molecule has 5 rings (SSSR count). The zero-order valence-corrected chi connectivity index (χ0v) is 23.2. The Kier molecular flexibility index (Phi) is 7.47. The van der Waals surface area contributed by atoms with E-state index in [0.717, 1.165) is 39.1 Å². The summed E-state index contributed by atoms with van der Waals surface area (Å²) in [5, 5.41) is 0. The Morgan fingerprint density at radius 1 is 0.718 bits per heavy atom. The van der Waals surface area contributed by atoms with E-state index < -0.39 is 0 Å². The fourth-order valence-corrected chi connectivity index (χ4v) is 5.29. The Morgan fingerprint density at radius 3 is 1.77 bits per heavy atom. The maximum absolute atomic E-state index is 11.9. The van der Waals surface area contributed by atoms with Crippen LogP contribution in [0.1, 0.15) is 34.6 Å². The molecule has 1 heterocycles. The standard InChI is InChI=1S/C35H33NO3/c1-22-16-23(2)19-27(18-22)29-12-9-13-30(28-20-24(3)17-25(4)21-28)33(29)34-35(26-10-7-6-8-11-26)39-31(36-34)14-15-32(37)38-5/h6-13,16-21H,14-15H2,1-5H3. The third kappa shape index (κ3) is 5.70. The van der Waals surface area contributed by atoms with Gasteiger partial charge in [0.2, 0.25) is 0 Å². The van der Waals surface area contributed by atoms with Crippen molar-refractivity contribution in [1.82, 2.24) is 4.98 Å². The number of hydrogen-bond acceptors (Lipinski definition) is 4. The van der Waals surface area contributed by atoms with Crippen LogP contribution in [0.5, 0.6) is 0 Å². The van der Waals surface area contributed by atoms with Gasteiger partial charge in [0, 0.05) is 17.5 Å². The molecule has 196 valence electrons. The van der Waals surface area contributed by atoms with Crippen LogP contribution in [0.2, 0.25) is 0 Å². The average Bonchev–Trinajstić information content (AvgIpc) is 3.34. The molecular weight excluding hydrogens is 482 g/mol. The number of oxazole rings is 1. The Balaban J connectivity index is 1.82. The molecule has 0 aliphatic heterocycles. The van der Waals surface area contributed by atoms with Crippen molar-refractivity contribution in [2.45, 2.75) is 40.5 Å². The van der Waals surface area contributed by atoms with Crippen molar-refractivity contribution >= 4 is 5.97 Å². The molecule has 4 heteroatoms. The van der Waals surface area contributed by atoms with Gasteiger partial charge in [-0.2, -0.15) is 0 Å². The maximum Gasteiger partial charge on any atom is 0.306 e. The molecule has 0 bridgehead atoms. The first kappa shape index (κ1) is 26.2. The van der Waals surface area contributed by atoms with E-state index in [0.29, 0.717) is 18.1 Å². The van der Waals surface area contributed by atoms with Crippen LogP contribution >= 0.6 is 0 Å². The van der Waals surface area contributed by atoms with Crippen molar-refractivity contribution in [2.24, 2.45) is 0 Å². The summed E-state index contributed by atoms with van der Waals surface area (Å²) in [6.45, 7) is 8.50. The van der Waals surface area contributed by atoms with Gasteiger partial charge in [0.15, 0.2) is 11.7 Å². The van der Waals surface area contributed by atoms with Gasteiger partial charge < -0.3 is 9.15 Å². The van der Waals surface area contributed by atoms with E-state index in [2.05, 4.69) is 82.3 Å². The minimum Gasteiger partial charge on any atom is -0.469 e. The number of carbonyl (C=O) groups is 1. The first-order chi connectivity index (χ1) is 18.8. The average molecular weight is 516 g/mol. The van der Waals surface area contributed by atoms with Gasteiger partial charge in [-0.1, -0.05) is 107 Å². The lowest BCUT2D eigenvalue weighted by molar-refractivity contribution is -0.140. The highest BCUT2D eigenvalue weighted by molar-refractivity contribution is 5.97. The number of rotatable bonds is 7. The van der Waals surface area contributed by atoms with Crippen LogP contribution in [0.25, 0.3) is 44.8 Å². The summed E-state index contributed by atoms with van der Waals surface area (Å²) in [5.74, 6) is 0.913. The lowest BCUT2D eigenvalue weighted by atomic mass is 9.87. The number of nitrogens with zero attached hydrogens (tertiary/aromatic N) is 1. The van der Waals surface area contributed by atoms with Crippen LogP contribution in [0.3, 0.4) is 0 Å². The Labute approximate surface area is 230 Å². The van der Waals surface area contributed by atoms with Crippen molar-refractivity contribution in [3.05, 3.63) is 113 Å².